The summed E-state index contributed by atoms with van der Waals surface area (Å²) in [5.41, 5.74) is 3.57. The molecule has 1 unspecified atom stereocenters. The molecule has 7 heteroatoms. The fourth-order valence-corrected chi connectivity index (χ4v) is 6.00. The van der Waals surface area contributed by atoms with Gasteiger partial charge >= 0.3 is 0 Å². The zero-order chi connectivity index (χ0) is 30.0. The molecule has 0 fully saturated rings. The summed E-state index contributed by atoms with van der Waals surface area (Å²) in [6, 6.07) is 30.0. The van der Waals surface area contributed by atoms with Gasteiger partial charge in [-0.05, 0) is 62.2 Å². The Labute approximate surface area is 257 Å². The number of benzene rings is 4. The molecule has 3 atom stereocenters. The first-order valence-corrected chi connectivity index (χ1v) is 15.0. The minimum absolute atomic E-state index is 0.0785. The van der Waals surface area contributed by atoms with Gasteiger partial charge in [-0.1, -0.05) is 78.3 Å². The lowest BCUT2D eigenvalue weighted by Gasteiger charge is -2.38. The lowest BCUT2D eigenvalue weighted by molar-refractivity contribution is -0.117. The molecule has 3 N–H and O–H groups in total. The van der Waals surface area contributed by atoms with Crippen molar-refractivity contribution in [2.45, 2.75) is 50.5 Å². The standard InChI is InChI=1S/C36H35ClN2O4/c1-36(2)21-30(28-20-25(37)16-17-34(28)43-36)38-22-31(40)29(18-23-10-4-3-5-11-23)39-35(41)27-19-24-12-6-8-14-32(24)42-33-15-9-7-13-26(27)33/h3-17,19-20,29-31,38,40H,18,21-22H2,1-2H3,(H,39,41)/t29-,30?,31+/m0/s1. The Hall–Kier alpha value is -4.10. The summed E-state index contributed by atoms with van der Waals surface area (Å²) in [5.74, 6) is 1.79. The molecule has 4 aromatic rings. The molecule has 0 saturated heterocycles. The monoisotopic (exact) mass is 594 g/mol. The Kier molecular flexibility index (Phi) is 8.26. The molecule has 4 aromatic carbocycles. The van der Waals surface area contributed by atoms with E-state index in [1.165, 1.54) is 0 Å². The van der Waals surface area contributed by atoms with Crippen LogP contribution in [0.3, 0.4) is 0 Å². The summed E-state index contributed by atoms with van der Waals surface area (Å²) < 4.78 is 12.4. The molecule has 2 aliphatic rings. The Morgan fingerprint density at radius 2 is 1.67 bits per heavy atom. The lowest BCUT2D eigenvalue weighted by atomic mass is 9.89. The number of carbonyl (C=O) groups is 1. The quantitative estimate of drug-likeness (QED) is 0.205. The fraction of sp³-hybridized carbons (Fsp3) is 0.250. The summed E-state index contributed by atoms with van der Waals surface area (Å²) in [6.07, 6.45) is 2.12. The van der Waals surface area contributed by atoms with Gasteiger partial charge in [-0.2, -0.15) is 0 Å². The van der Waals surface area contributed by atoms with Gasteiger partial charge in [0.05, 0.1) is 17.7 Å². The number of amides is 1. The number of hydrogen-bond donors (Lipinski definition) is 3. The molecule has 220 valence electrons. The predicted octanol–water partition coefficient (Wildman–Crippen LogP) is 6.97. The molecule has 0 radical (unpaired) electrons. The highest BCUT2D eigenvalue weighted by molar-refractivity contribution is 6.30. The zero-order valence-corrected chi connectivity index (χ0v) is 25.0. The van der Waals surface area contributed by atoms with E-state index in [-0.39, 0.29) is 18.5 Å². The van der Waals surface area contributed by atoms with E-state index >= 15 is 0 Å². The molecule has 6 rings (SSSR count). The molecule has 1 amide bonds. The normalized spacial score (nSPS) is 17.9. The molecular formula is C36H35ClN2O4. The number of para-hydroxylation sites is 2. The minimum Gasteiger partial charge on any atom is -0.487 e. The molecule has 2 heterocycles. The third-order valence-corrected chi connectivity index (χ3v) is 8.18. The number of aliphatic hydroxyl groups excluding tert-OH is 1. The minimum atomic E-state index is -0.886. The third-order valence-electron chi connectivity index (χ3n) is 7.94. The number of rotatable bonds is 8. The Morgan fingerprint density at radius 3 is 2.49 bits per heavy atom. The van der Waals surface area contributed by atoms with Gasteiger partial charge < -0.3 is 25.2 Å². The second-order valence-corrected chi connectivity index (χ2v) is 12.2. The highest BCUT2D eigenvalue weighted by Crippen LogP contribution is 2.41. The Bertz CT molecular complexity index is 1650. The summed E-state index contributed by atoms with van der Waals surface area (Å²) in [5, 5.41) is 19.0. The topological polar surface area (TPSA) is 79.8 Å². The van der Waals surface area contributed by atoms with Crippen LogP contribution >= 0.6 is 11.6 Å². The lowest BCUT2D eigenvalue weighted by Crippen LogP contribution is -2.50. The van der Waals surface area contributed by atoms with Crippen molar-refractivity contribution in [3.8, 4) is 17.2 Å². The van der Waals surface area contributed by atoms with Crippen LogP contribution < -0.4 is 20.1 Å². The third kappa shape index (κ3) is 6.62. The van der Waals surface area contributed by atoms with E-state index in [0.29, 0.717) is 40.5 Å². The Balaban J connectivity index is 1.26. The van der Waals surface area contributed by atoms with Gasteiger partial charge in [-0.25, -0.2) is 0 Å². The Morgan fingerprint density at radius 1 is 0.953 bits per heavy atom. The SMILES string of the molecule is CC1(C)CC(NC[C@@H](O)[C@H](Cc2ccccc2)NC(=O)C2=Cc3ccccc3Oc3ccccc32)c2cc(Cl)ccc2O1. The molecule has 6 nitrogen and oxygen atoms in total. The van der Waals surface area contributed by atoms with Crippen molar-refractivity contribution in [1.82, 2.24) is 10.6 Å². The summed E-state index contributed by atoms with van der Waals surface area (Å²) in [7, 11) is 0. The van der Waals surface area contributed by atoms with E-state index < -0.39 is 17.7 Å². The van der Waals surface area contributed by atoms with Crippen molar-refractivity contribution in [3.63, 3.8) is 0 Å². The van der Waals surface area contributed by atoms with Crippen molar-refractivity contribution < 1.29 is 19.4 Å². The molecule has 0 saturated carbocycles. The van der Waals surface area contributed by atoms with Crippen LogP contribution in [0.4, 0.5) is 0 Å². The first-order chi connectivity index (χ1) is 20.8. The van der Waals surface area contributed by atoms with Crippen LogP contribution in [0.1, 0.15) is 48.6 Å². The summed E-state index contributed by atoms with van der Waals surface area (Å²) in [4.78, 5) is 14.0. The second-order valence-electron chi connectivity index (χ2n) is 11.7. The van der Waals surface area contributed by atoms with Crippen molar-refractivity contribution in [1.29, 1.82) is 0 Å². The number of hydrogen-bond acceptors (Lipinski definition) is 5. The van der Waals surface area contributed by atoms with Gasteiger partial charge in [-0.3, -0.25) is 4.79 Å². The molecule has 0 aliphatic carbocycles. The fourth-order valence-electron chi connectivity index (χ4n) is 5.82. The molecule has 0 bridgehead atoms. The number of aliphatic hydroxyl groups is 1. The largest absolute Gasteiger partial charge is 0.487 e. The van der Waals surface area contributed by atoms with Gasteiger partial charge in [-0.15, -0.1) is 0 Å². The van der Waals surface area contributed by atoms with E-state index in [9.17, 15) is 9.90 Å². The number of halogens is 1. The maximum Gasteiger partial charge on any atom is 0.252 e. The number of fused-ring (bicyclic) bond motifs is 3. The van der Waals surface area contributed by atoms with Gasteiger partial charge in [0, 0.05) is 40.7 Å². The number of carbonyl (C=O) groups excluding carboxylic acids is 1. The molecule has 0 aromatic heterocycles. The zero-order valence-electron chi connectivity index (χ0n) is 24.2. The van der Waals surface area contributed by atoms with Crippen molar-refractivity contribution in [2.75, 3.05) is 6.54 Å². The van der Waals surface area contributed by atoms with Crippen LogP contribution in [0.5, 0.6) is 17.2 Å². The number of nitrogens with one attached hydrogen (secondary N) is 2. The summed E-state index contributed by atoms with van der Waals surface area (Å²) >= 11 is 6.33. The molecular weight excluding hydrogens is 560 g/mol. The van der Waals surface area contributed by atoms with E-state index in [4.69, 9.17) is 21.1 Å². The van der Waals surface area contributed by atoms with Crippen molar-refractivity contribution in [3.05, 3.63) is 124 Å². The van der Waals surface area contributed by atoms with Crippen LogP contribution in [-0.4, -0.2) is 35.3 Å². The number of ether oxygens (including phenoxy) is 2. The van der Waals surface area contributed by atoms with E-state index in [1.807, 2.05) is 117 Å². The highest BCUT2D eigenvalue weighted by Gasteiger charge is 2.35. The maximum absolute atomic E-state index is 14.0. The first kappa shape index (κ1) is 29.0. The van der Waals surface area contributed by atoms with E-state index in [0.717, 1.165) is 22.4 Å². The van der Waals surface area contributed by atoms with Crippen LogP contribution in [0, 0.1) is 0 Å². The average Bonchev–Trinajstić information content (AvgIpc) is 3.17. The molecule has 0 spiro atoms. The first-order valence-electron chi connectivity index (χ1n) is 14.6. The molecule has 43 heavy (non-hydrogen) atoms. The van der Waals surface area contributed by atoms with Crippen LogP contribution in [0.2, 0.25) is 5.02 Å². The van der Waals surface area contributed by atoms with Crippen LogP contribution in [0.15, 0.2) is 97.1 Å². The van der Waals surface area contributed by atoms with E-state index in [1.54, 1.807) is 0 Å². The predicted molar refractivity (Wildman–Crippen MR) is 170 cm³/mol. The van der Waals surface area contributed by atoms with Gasteiger partial charge in [0.1, 0.15) is 22.8 Å². The smallest absolute Gasteiger partial charge is 0.252 e. The van der Waals surface area contributed by atoms with Crippen LogP contribution in [-0.2, 0) is 11.2 Å². The van der Waals surface area contributed by atoms with Crippen molar-refractivity contribution in [2.24, 2.45) is 0 Å². The van der Waals surface area contributed by atoms with Gasteiger partial charge in [0.25, 0.3) is 5.91 Å². The highest BCUT2D eigenvalue weighted by atomic mass is 35.5. The molecule has 2 aliphatic heterocycles. The maximum atomic E-state index is 14.0. The van der Waals surface area contributed by atoms with E-state index in [2.05, 4.69) is 10.6 Å². The van der Waals surface area contributed by atoms with Gasteiger partial charge in [0.15, 0.2) is 0 Å². The summed E-state index contributed by atoms with van der Waals surface area (Å²) in [6.45, 7) is 4.36. The van der Waals surface area contributed by atoms with Crippen molar-refractivity contribution >= 4 is 29.2 Å². The van der Waals surface area contributed by atoms with Crippen LogP contribution in [0.25, 0.3) is 11.6 Å². The average molecular weight is 595 g/mol. The van der Waals surface area contributed by atoms with Gasteiger partial charge in [0.2, 0.25) is 0 Å². The second kappa shape index (κ2) is 12.3.